The molecule has 3 rings (SSSR count). The molecule has 3 aromatic rings. The van der Waals surface area contributed by atoms with Gasteiger partial charge in [-0.3, -0.25) is 4.79 Å². The van der Waals surface area contributed by atoms with Crippen LogP contribution in [0.15, 0.2) is 53.9 Å². The van der Waals surface area contributed by atoms with Gasteiger partial charge in [-0.15, -0.1) is 0 Å². The molecule has 1 aromatic heterocycles. The minimum absolute atomic E-state index is 0.131. The minimum atomic E-state index is -0.255. The summed E-state index contributed by atoms with van der Waals surface area (Å²) in [4.78, 5) is 16.2. The van der Waals surface area contributed by atoms with Crippen molar-refractivity contribution in [3.8, 4) is 0 Å². The number of rotatable bonds is 4. The van der Waals surface area contributed by atoms with Crippen LogP contribution in [-0.2, 0) is 11.3 Å². The number of aromatic nitrogens is 2. The number of carbonyl (C=O) groups is 1. The van der Waals surface area contributed by atoms with Crippen LogP contribution in [0.2, 0.25) is 10.0 Å². The van der Waals surface area contributed by atoms with E-state index in [4.69, 9.17) is 23.2 Å². The van der Waals surface area contributed by atoms with E-state index in [1.807, 2.05) is 24.3 Å². The van der Waals surface area contributed by atoms with Crippen molar-refractivity contribution in [1.82, 2.24) is 15.0 Å². The van der Waals surface area contributed by atoms with Crippen LogP contribution < -0.4 is 5.43 Å². The summed E-state index contributed by atoms with van der Waals surface area (Å²) in [5.41, 5.74) is 4.88. The molecule has 0 bridgehead atoms. The Kier molecular flexibility index (Phi) is 4.60. The Morgan fingerprint density at radius 1 is 1.26 bits per heavy atom. The summed E-state index contributed by atoms with van der Waals surface area (Å²) in [7, 11) is 0. The molecule has 0 saturated carbocycles. The molecule has 0 aliphatic heterocycles. The van der Waals surface area contributed by atoms with Gasteiger partial charge in [-0.1, -0.05) is 41.4 Å². The monoisotopic (exact) mass is 346 g/mol. The first-order chi connectivity index (χ1) is 11.1. The summed E-state index contributed by atoms with van der Waals surface area (Å²) in [6.45, 7) is 0.131. The first kappa shape index (κ1) is 15.5. The number of nitrogens with zero attached hydrogens (tertiary/aromatic N) is 3. The fourth-order valence-electron chi connectivity index (χ4n) is 2.11. The number of halogens is 2. The average molecular weight is 347 g/mol. The normalized spacial score (nSPS) is 11.2. The van der Waals surface area contributed by atoms with Crippen molar-refractivity contribution in [2.75, 3.05) is 0 Å². The molecule has 0 spiro atoms. The third kappa shape index (κ3) is 3.70. The van der Waals surface area contributed by atoms with Crippen molar-refractivity contribution in [2.45, 2.75) is 6.54 Å². The van der Waals surface area contributed by atoms with Gasteiger partial charge in [-0.2, -0.15) is 5.10 Å². The highest BCUT2D eigenvalue weighted by Crippen LogP contribution is 2.19. The first-order valence-corrected chi connectivity index (χ1v) is 7.56. The summed E-state index contributed by atoms with van der Waals surface area (Å²) < 4.78 is 1.76. The van der Waals surface area contributed by atoms with Gasteiger partial charge in [0.05, 0.1) is 28.6 Å². The number of hydrogen-bond donors (Lipinski definition) is 1. The van der Waals surface area contributed by atoms with Crippen LogP contribution >= 0.6 is 23.2 Å². The van der Waals surface area contributed by atoms with Gasteiger partial charge < -0.3 is 4.57 Å². The smallest absolute Gasteiger partial charge is 0.260 e. The van der Waals surface area contributed by atoms with E-state index in [0.717, 1.165) is 11.0 Å². The van der Waals surface area contributed by atoms with E-state index in [1.54, 1.807) is 29.1 Å². The lowest BCUT2D eigenvalue weighted by Crippen LogP contribution is -2.22. The van der Waals surface area contributed by atoms with Gasteiger partial charge in [0, 0.05) is 10.6 Å². The molecule has 5 nitrogen and oxygen atoms in total. The number of amides is 1. The van der Waals surface area contributed by atoms with Crippen molar-refractivity contribution in [1.29, 1.82) is 0 Å². The Balaban J connectivity index is 1.64. The molecular formula is C16H12Cl2N4O. The van der Waals surface area contributed by atoms with Crippen molar-refractivity contribution in [2.24, 2.45) is 5.10 Å². The summed E-state index contributed by atoms with van der Waals surface area (Å²) in [5.74, 6) is -0.255. The maximum absolute atomic E-state index is 12.0. The number of hydrogen-bond acceptors (Lipinski definition) is 3. The lowest BCUT2D eigenvalue weighted by molar-refractivity contribution is -0.121. The third-order valence-electron chi connectivity index (χ3n) is 3.20. The molecule has 0 saturated heterocycles. The van der Waals surface area contributed by atoms with E-state index in [9.17, 15) is 4.79 Å². The van der Waals surface area contributed by atoms with Crippen molar-refractivity contribution in [3.63, 3.8) is 0 Å². The molecule has 23 heavy (non-hydrogen) atoms. The van der Waals surface area contributed by atoms with Crippen LogP contribution in [0.4, 0.5) is 0 Å². The van der Waals surface area contributed by atoms with Crippen LogP contribution in [0.1, 0.15) is 5.56 Å². The number of imidazole rings is 1. The van der Waals surface area contributed by atoms with Crippen LogP contribution in [-0.4, -0.2) is 21.7 Å². The topological polar surface area (TPSA) is 59.3 Å². The van der Waals surface area contributed by atoms with Gasteiger partial charge in [0.1, 0.15) is 6.54 Å². The van der Waals surface area contributed by atoms with E-state index in [1.165, 1.54) is 6.21 Å². The summed E-state index contributed by atoms with van der Waals surface area (Å²) in [6.07, 6.45) is 3.10. The second-order valence-electron chi connectivity index (χ2n) is 4.82. The minimum Gasteiger partial charge on any atom is -0.321 e. The Labute approximate surface area is 142 Å². The zero-order valence-corrected chi connectivity index (χ0v) is 13.4. The Morgan fingerprint density at radius 2 is 2.09 bits per heavy atom. The number of para-hydroxylation sites is 2. The summed E-state index contributed by atoms with van der Waals surface area (Å²) >= 11 is 11.8. The van der Waals surface area contributed by atoms with Crippen molar-refractivity contribution < 1.29 is 4.79 Å². The molecule has 1 N–H and O–H groups in total. The predicted molar refractivity (Wildman–Crippen MR) is 91.9 cm³/mol. The maximum Gasteiger partial charge on any atom is 0.260 e. The molecular weight excluding hydrogens is 335 g/mol. The molecule has 7 heteroatoms. The SMILES string of the molecule is O=C(Cn1cnc2ccccc21)NN=Cc1ccc(Cl)cc1Cl. The van der Waals surface area contributed by atoms with E-state index < -0.39 is 0 Å². The van der Waals surface area contributed by atoms with Gasteiger partial charge in [0.25, 0.3) is 5.91 Å². The van der Waals surface area contributed by atoms with E-state index in [2.05, 4.69) is 15.5 Å². The lowest BCUT2D eigenvalue weighted by atomic mass is 10.2. The second-order valence-corrected chi connectivity index (χ2v) is 5.66. The second kappa shape index (κ2) is 6.81. The van der Waals surface area contributed by atoms with Crippen LogP contribution in [0.25, 0.3) is 11.0 Å². The third-order valence-corrected chi connectivity index (χ3v) is 3.76. The van der Waals surface area contributed by atoms with Crippen molar-refractivity contribution >= 4 is 46.4 Å². The predicted octanol–water partition coefficient (Wildman–Crippen LogP) is 3.49. The molecule has 0 unspecified atom stereocenters. The highest BCUT2D eigenvalue weighted by Gasteiger charge is 2.06. The maximum atomic E-state index is 12.0. The van der Waals surface area contributed by atoms with Gasteiger partial charge in [-0.05, 0) is 24.3 Å². The molecule has 0 radical (unpaired) electrons. The van der Waals surface area contributed by atoms with Crippen LogP contribution in [0, 0.1) is 0 Å². The number of nitrogens with one attached hydrogen (secondary N) is 1. The Morgan fingerprint density at radius 3 is 2.91 bits per heavy atom. The Bertz CT molecular complexity index is 889. The molecule has 2 aromatic carbocycles. The highest BCUT2D eigenvalue weighted by atomic mass is 35.5. The molecule has 0 aliphatic carbocycles. The molecule has 0 atom stereocenters. The van der Waals surface area contributed by atoms with Crippen LogP contribution in [0.5, 0.6) is 0 Å². The lowest BCUT2D eigenvalue weighted by Gasteiger charge is -2.03. The molecule has 1 heterocycles. The Hall–Kier alpha value is -2.37. The molecule has 0 aliphatic rings. The number of benzene rings is 2. The zero-order valence-electron chi connectivity index (χ0n) is 11.9. The largest absolute Gasteiger partial charge is 0.321 e. The van der Waals surface area contributed by atoms with Gasteiger partial charge in [-0.25, -0.2) is 10.4 Å². The molecule has 1 amide bonds. The van der Waals surface area contributed by atoms with Gasteiger partial charge in [0.15, 0.2) is 0 Å². The summed E-state index contributed by atoms with van der Waals surface area (Å²) in [6, 6.07) is 12.7. The number of carbonyl (C=O) groups excluding carboxylic acids is 1. The zero-order chi connectivity index (χ0) is 16.2. The quantitative estimate of drug-likeness (QED) is 0.580. The fourth-order valence-corrected chi connectivity index (χ4v) is 2.56. The van der Waals surface area contributed by atoms with E-state index in [-0.39, 0.29) is 12.5 Å². The van der Waals surface area contributed by atoms with Crippen LogP contribution in [0.3, 0.4) is 0 Å². The fraction of sp³-hybridized carbons (Fsp3) is 0.0625. The number of fused-ring (bicyclic) bond motifs is 1. The van der Waals surface area contributed by atoms with E-state index in [0.29, 0.717) is 15.6 Å². The van der Waals surface area contributed by atoms with Gasteiger partial charge >= 0.3 is 0 Å². The number of hydrazone groups is 1. The standard InChI is InChI=1S/C16H12Cl2N4O/c17-12-6-5-11(13(18)7-12)8-20-21-16(23)9-22-10-19-14-3-1-2-4-15(14)22/h1-8,10H,9H2,(H,21,23). The first-order valence-electron chi connectivity index (χ1n) is 6.80. The van der Waals surface area contributed by atoms with E-state index >= 15 is 0 Å². The molecule has 116 valence electrons. The summed E-state index contributed by atoms with van der Waals surface area (Å²) in [5, 5.41) is 4.92. The van der Waals surface area contributed by atoms with Gasteiger partial charge in [0.2, 0.25) is 0 Å². The highest BCUT2D eigenvalue weighted by molar-refractivity contribution is 6.36. The average Bonchev–Trinajstić information content (AvgIpc) is 2.93. The van der Waals surface area contributed by atoms with Crippen molar-refractivity contribution in [3.05, 3.63) is 64.4 Å². The molecule has 0 fully saturated rings.